The highest BCUT2D eigenvalue weighted by Crippen LogP contribution is 2.35. The number of nitriles is 2. The number of aryl methyl sites for hydroxylation is 1. The van der Waals surface area contributed by atoms with Gasteiger partial charge in [-0.25, -0.2) is 13.8 Å². The fourth-order valence-corrected chi connectivity index (χ4v) is 4.90. The van der Waals surface area contributed by atoms with Crippen molar-refractivity contribution in [2.75, 3.05) is 6.61 Å². The van der Waals surface area contributed by atoms with E-state index in [1.165, 1.54) is 22.9 Å². The number of hydrogen-bond acceptors (Lipinski definition) is 6. The molecule has 0 atom stereocenters. The molecular weight excluding hydrogens is 545 g/mol. The number of hydrogen-bond donors (Lipinski definition) is 0. The zero-order valence-electron chi connectivity index (χ0n) is 22.0. The molecule has 5 rings (SSSR count). The summed E-state index contributed by atoms with van der Waals surface area (Å²) in [6.07, 6.45) is 3.02. The van der Waals surface area contributed by atoms with Crippen LogP contribution in [-0.2, 0) is 6.54 Å². The summed E-state index contributed by atoms with van der Waals surface area (Å²) >= 11 is 6.51. The van der Waals surface area contributed by atoms with Crippen LogP contribution in [-0.4, -0.2) is 20.7 Å². The molecule has 0 spiro atoms. The molecule has 0 radical (unpaired) electrons. The average molecular weight is 566 g/mol. The molecule has 3 aromatic carbocycles. The van der Waals surface area contributed by atoms with Crippen molar-refractivity contribution in [3.05, 3.63) is 121 Å². The number of benzene rings is 3. The molecule has 0 amide bonds. The van der Waals surface area contributed by atoms with E-state index in [1.54, 1.807) is 56.4 Å². The summed E-state index contributed by atoms with van der Waals surface area (Å²) in [6.45, 7) is 3.69. The van der Waals surface area contributed by atoms with E-state index < -0.39 is 17.1 Å². The maximum Gasteiger partial charge on any atom is 0.336 e. The van der Waals surface area contributed by atoms with Crippen LogP contribution in [0.25, 0.3) is 27.7 Å². The monoisotopic (exact) mass is 565 g/mol. The molecule has 41 heavy (non-hydrogen) atoms. The molecule has 2 aromatic heterocycles. The Bertz CT molecular complexity index is 2050. The van der Waals surface area contributed by atoms with Crippen molar-refractivity contribution in [1.82, 2.24) is 14.1 Å². The van der Waals surface area contributed by atoms with Crippen LogP contribution in [0.1, 0.15) is 29.2 Å². The van der Waals surface area contributed by atoms with E-state index in [0.29, 0.717) is 27.3 Å². The van der Waals surface area contributed by atoms with E-state index in [1.807, 2.05) is 6.07 Å². The first-order valence-corrected chi connectivity index (χ1v) is 12.9. The van der Waals surface area contributed by atoms with Crippen molar-refractivity contribution in [1.29, 1.82) is 10.5 Å². The minimum atomic E-state index is -0.683. The van der Waals surface area contributed by atoms with Crippen LogP contribution in [0.3, 0.4) is 0 Å². The van der Waals surface area contributed by atoms with Gasteiger partial charge >= 0.3 is 5.69 Å². The first kappa shape index (κ1) is 27.3. The Hall–Kier alpha value is -5.25. The van der Waals surface area contributed by atoms with Crippen molar-refractivity contribution >= 4 is 22.5 Å². The SMILES string of the molecule is CCOc1cc(-c2cc(C#N)ccc2Cl)cc2c1c(=O)n(-c1cncc(C)c1)c(=O)n2Cc1ccc(F)c(C#N)c1. The maximum absolute atomic E-state index is 14.1. The van der Waals surface area contributed by atoms with Gasteiger partial charge in [0.15, 0.2) is 0 Å². The summed E-state index contributed by atoms with van der Waals surface area (Å²) in [5.41, 5.74) is 1.64. The summed E-state index contributed by atoms with van der Waals surface area (Å²) < 4.78 is 22.4. The Morgan fingerprint density at radius 3 is 2.54 bits per heavy atom. The number of fused-ring (bicyclic) bond motifs is 1. The van der Waals surface area contributed by atoms with Gasteiger partial charge in [-0.3, -0.25) is 14.3 Å². The summed E-state index contributed by atoms with van der Waals surface area (Å²) in [5, 5.41) is 19.3. The Kier molecular flexibility index (Phi) is 7.39. The van der Waals surface area contributed by atoms with Gasteiger partial charge in [-0.05, 0) is 79.1 Å². The highest BCUT2D eigenvalue weighted by atomic mass is 35.5. The van der Waals surface area contributed by atoms with Crippen molar-refractivity contribution in [2.45, 2.75) is 20.4 Å². The number of halogens is 2. The molecular formula is C31H21ClFN5O3. The normalized spacial score (nSPS) is 10.8. The Balaban J connectivity index is 1.91. The summed E-state index contributed by atoms with van der Waals surface area (Å²) in [6, 6.07) is 17.6. The third kappa shape index (κ3) is 5.07. The highest BCUT2D eigenvalue weighted by Gasteiger charge is 2.21. The molecule has 2 heterocycles. The molecule has 0 aliphatic rings. The van der Waals surface area contributed by atoms with Gasteiger partial charge < -0.3 is 4.74 Å². The molecule has 0 fully saturated rings. The number of aromatic nitrogens is 3. The van der Waals surface area contributed by atoms with E-state index in [9.17, 15) is 24.5 Å². The van der Waals surface area contributed by atoms with E-state index in [2.05, 4.69) is 11.1 Å². The van der Waals surface area contributed by atoms with Gasteiger partial charge in [-0.1, -0.05) is 17.7 Å². The summed E-state index contributed by atoms with van der Waals surface area (Å²) in [7, 11) is 0. The number of nitrogens with zero attached hydrogens (tertiary/aromatic N) is 5. The van der Waals surface area contributed by atoms with Gasteiger partial charge in [0.25, 0.3) is 5.56 Å². The second-order valence-electron chi connectivity index (χ2n) is 9.26. The topological polar surface area (TPSA) is 114 Å². The van der Waals surface area contributed by atoms with Crippen molar-refractivity contribution in [3.8, 4) is 34.7 Å². The minimum absolute atomic E-state index is 0.0925. The molecule has 0 unspecified atom stereocenters. The zero-order valence-corrected chi connectivity index (χ0v) is 22.7. The van der Waals surface area contributed by atoms with Gasteiger partial charge in [-0.2, -0.15) is 10.5 Å². The van der Waals surface area contributed by atoms with E-state index in [0.717, 1.165) is 16.2 Å². The lowest BCUT2D eigenvalue weighted by Gasteiger charge is -2.18. The van der Waals surface area contributed by atoms with E-state index in [4.69, 9.17) is 16.3 Å². The van der Waals surface area contributed by atoms with Gasteiger partial charge in [0.2, 0.25) is 0 Å². The highest BCUT2D eigenvalue weighted by molar-refractivity contribution is 6.33. The van der Waals surface area contributed by atoms with Crippen molar-refractivity contribution in [3.63, 3.8) is 0 Å². The number of pyridine rings is 1. The standard InChI is InChI=1S/C31H21ClFN5O3/c1-3-41-28-12-21(24-10-19(13-34)4-6-25(24)32)11-27-29(28)30(39)38(23-8-18(2)15-36-16-23)31(40)37(27)17-20-5-7-26(33)22(9-20)14-35/h4-12,15-16H,3,17H2,1-2H3. The predicted octanol–water partition coefficient (Wildman–Crippen LogP) is 5.51. The molecule has 202 valence electrons. The van der Waals surface area contributed by atoms with Crippen LogP contribution >= 0.6 is 11.6 Å². The van der Waals surface area contributed by atoms with Crippen LogP contribution in [0.4, 0.5) is 4.39 Å². The van der Waals surface area contributed by atoms with Crippen LogP contribution in [0.15, 0.2) is 76.6 Å². The number of rotatable bonds is 6. The van der Waals surface area contributed by atoms with Crippen LogP contribution in [0.5, 0.6) is 5.75 Å². The molecule has 5 aromatic rings. The zero-order chi connectivity index (χ0) is 29.3. The maximum atomic E-state index is 14.1. The molecule has 0 bridgehead atoms. The third-order valence-electron chi connectivity index (χ3n) is 6.53. The van der Waals surface area contributed by atoms with E-state index in [-0.39, 0.29) is 41.1 Å². The lowest BCUT2D eigenvalue weighted by Crippen LogP contribution is -2.39. The van der Waals surface area contributed by atoms with Crippen LogP contribution in [0, 0.1) is 35.4 Å². The van der Waals surface area contributed by atoms with Crippen molar-refractivity contribution < 1.29 is 9.13 Å². The summed E-state index contributed by atoms with van der Waals surface area (Å²) in [4.78, 5) is 32.2. The number of ether oxygens (including phenoxy) is 1. The average Bonchev–Trinajstić information content (AvgIpc) is 2.96. The summed E-state index contributed by atoms with van der Waals surface area (Å²) in [5.74, 6) is -0.472. The fourth-order valence-electron chi connectivity index (χ4n) is 4.67. The molecule has 10 heteroatoms. The van der Waals surface area contributed by atoms with Gasteiger partial charge in [0.1, 0.15) is 23.0 Å². The molecule has 0 N–H and O–H groups in total. The lowest BCUT2D eigenvalue weighted by molar-refractivity contribution is 0.344. The second kappa shape index (κ2) is 11.1. The van der Waals surface area contributed by atoms with Gasteiger partial charge in [-0.15, -0.1) is 0 Å². The Labute approximate surface area is 238 Å². The predicted molar refractivity (Wildman–Crippen MR) is 153 cm³/mol. The molecule has 8 nitrogen and oxygen atoms in total. The van der Waals surface area contributed by atoms with Crippen LogP contribution < -0.4 is 16.0 Å². The van der Waals surface area contributed by atoms with Crippen LogP contribution in [0.2, 0.25) is 5.02 Å². The second-order valence-corrected chi connectivity index (χ2v) is 9.67. The third-order valence-corrected chi connectivity index (χ3v) is 6.86. The van der Waals surface area contributed by atoms with Gasteiger partial charge in [0.05, 0.1) is 47.7 Å². The quantitative estimate of drug-likeness (QED) is 0.268. The van der Waals surface area contributed by atoms with E-state index >= 15 is 0 Å². The van der Waals surface area contributed by atoms with Crippen molar-refractivity contribution in [2.24, 2.45) is 0 Å². The largest absolute Gasteiger partial charge is 0.493 e. The lowest BCUT2D eigenvalue weighted by atomic mass is 10.0. The fraction of sp³-hybridized carbons (Fsp3) is 0.129. The first-order chi connectivity index (χ1) is 19.7. The van der Waals surface area contributed by atoms with Gasteiger partial charge in [0, 0.05) is 16.8 Å². The smallest absolute Gasteiger partial charge is 0.336 e. The molecule has 0 saturated heterocycles. The molecule has 0 saturated carbocycles. The molecule has 0 aliphatic heterocycles. The minimum Gasteiger partial charge on any atom is -0.493 e. The molecule has 0 aliphatic carbocycles. The Morgan fingerprint density at radius 2 is 1.83 bits per heavy atom. The Morgan fingerprint density at radius 1 is 1.02 bits per heavy atom. The first-order valence-electron chi connectivity index (χ1n) is 12.5.